The van der Waals surface area contributed by atoms with Crippen LogP contribution in [0.4, 0.5) is 24.5 Å². The number of aromatic nitrogens is 1. The Balaban J connectivity index is 2.22. The van der Waals surface area contributed by atoms with Crippen molar-refractivity contribution in [1.82, 2.24) is 4.98 Å². The number of halogens is 3. The van der Waals surface area contributed by atoms with Crippen molar-refractivity contribution in [2.24, 2.45) is 0 Å². The lowest BCUT2D eigenvalue weighted by molar-refractivity contribution is -0.141. The van der Waals surface area contributed by atoms with Crippen molar-refractivity contribution in [1.29, 1.82) is 0 Å². The number of aryl methyl sites for hydroxylation is 1. The molecule has 0 unspecified atom stereocenters. The van der Waals surface area contributed by atoms with Gasteiger partial charge in [-0.25, -0.2) is 4.98 Å². The second-order valence-electron chi connectivity index (χ2n) is 4.43. The highest BCUT2D eigenvalue weighted by atomic mass is 19.4. The second-order valence-corrected chi connectivity index (χ2v) is 4.43. The first-order valence-corrected chi connectivity index (χ1v) is 5.99. The fourth-order valence-electron chi connectivity index (χ4n) is 1.63. The van der Waals surface area contributed by atoms with Gasteiger partial charge in [-0.15, -0.1) is 0 Å². The third kappa shape index (κ3) is 3.50. The van der Waals surface area contributed by atoms with Crippen molar-refractivity contribution in [3.63, 3.8) is 0 Å². The third-order valence-electron chi connectivity index (χ3n) is 2.81. The molecule has 2 rings (SSSR count). The molecule has 0 aliphatic heterocycles. The van der Waals surface area contributed by atoms with Crippen LogP contribution in [0.15, 0.2) is 36.4 Å². The predicted octanol–water partition coefficient (Wildman–Crippen LogP) is 3.24. The number of pyridine rings is 1. The van der Waals surface area contributed by atoms with Crippen LogP contribution in [-0.2, 0) is 6.18 Å². The molecule has 1 aromatic carbocycles. The Morgan fingerprint density at radius 1 is 1.24 bits per heavy atom. The molecule has 1 heterocycles. The topological polar surface area (TPSA) is 68.0 Å². The maximum absolute atomic E-state index is 12.5. The second kappa shape index (κ2) is 5.43. The van der Waals surface area contributed by atoms with E-state index in [0.29, 0.717) is 11.4 Å². The molecule has 0 spiro atoms. The highest BCUT2D eigenvalue weighted by Crippen LogP contribution is 2.27. The maximum atomic E-state index is 12.5. The molecule has 0 radical (unpaired) electrons. The lowest BCUT2D eigenvalue weighted by Crippen LogP contribution is -2.17. The van der Waals surface area contributed by atoms with Gasteiger partial charge in [-0.3, -0.25) is 4.79 Å². The number of nitrogens with one attached hydrogen (secondary N) is 1. The number of hydrogen-bond acceptors (Lipinski definition) is 3. The number of rotatable bonds is 2. The molecule has 110 valence electrons. The summed E-state index contributed by atoms with van der Waals surface area (Å²) >= 11 is 0. The molecule has 0 aliphatic carbocycles. The van der Waals surface area contributed by atoms with Crippen molar-refractivity contribution in [2.45, 2.75) is 13.1 Å². The number of amides is 1. The summed E-state index contributed by atoms with van der Waals surface area (Å²) in [7, 11) is 0. The Hall–Kier alpha value is -2.57. The number of anilines is 2. The van der Waals surface area contributed by atoms with E-state index in [-0.39, 0.29) is 5.69 Å². The fourth-order valence-corrected chi connectivity index (χ4v) is 1.63. The molecule has 0 saturated carbocycles. The predicted molar refractivity (Wildman–Crippen MR) is 72.8 cm³/mol. The van der Waals surface area contributed by atoms with E-state index < -0.39 is 17.8 Å². The maximum Gasteiger partial charge on any atom is 0.433 e. The number of carbonyl (C=O) groups excluding carboxylic acids is 1. The number of nitrogens with two attached hydrogens (primary N) is 1. The van der Waals surface area contributed by atoms with Gasteiger partial charge >= 0.3 is 6.18 Å². The third-order valence-corrected chi connectivity index (χ3v) is 2.81. The largest absolute Gasteiger partial charge is 0.433 e. The highest BCUT2D eigenvalue weighted by molar-refractivity contribution is 6.03. The zero-order valence-electron chi connectivity index (χ0n) is 11.0. The van der Waals surface area contributed by atoms with Crippen LogP contribution < -0.4 is 11.1 Å². The Morgan fingerprint density at radius 3 is 2.57 bits per heavy atom. The van der Waals surface area contributed by atoms with E-state index in [4.69, 9.17) is 5.73 Å². The van der Waals surface area contributed by atoms with E-state index in [1.807, 2.05) is 0 Å². The minimum atomic E-state index is -4.59. The summed E-state index contributed by atoms with van der Waals surface area (Å²) in [6.07, 6.45) is -4.59. The lowest BCUT2D eigenvalue weighted by atomic mass is 10.2. The van der Waals surface area contributed by atoms with Crippen molar-refractivity contribution in [2.75, 3.05) is 11.1 Å². The summed E-state index contributed by atoms with van der Waals surface area (Å²) < 4.78 is 37.6. The van der Waals surface area contributed by atoms with E-state index in [1.54, 1.807) is 19.1 Å². The molecular formula is C14H12F3N3O. The highest BCUT2D eigenvalue weighted by Gasteiger charge is 2.32. The summed E-state index contributed by atoms with van der Waals surface area (Å²) in [4.78, 5) is 15.2. The van der Waals surface area contributed by atoms with E-state index in [1.165, 1.54) is 12.1 Å². The van der Waals surface area contributed by atoms with Crippen molar-refractivity contribution >= 4 is 17.3 Å². The first-order chi connectivity index (χ1) is 9.77. The van der Waals surface area contributed by atoms with Gasteiger partial charge in [0.25, 0.3) is 5.91 Å². The molecule has 1 aromatic heterocycles. The van der Waals surface area contributed by atoms with Gasteiger partial charge < -0.3 is 11.1 Å². The number of carbonyl (C=O) groups is 1. The van der Waals surface area contributed by atoms with Gasteiger partial charge in [0.1, 0.15) is 11.4 Å². The molecular weight excluding hydrogens is 283 g/mol. The molecule has 7 heteroatoms. The fraction of sp³-hybridized carbons (Fsp3) is 0.143. The SMILES string of the molecule is Cc1ccc(NC(=O)c2cccc(C(F)(F)F)n2)cc1N. The van der Waals surface area contributed by atoms with Gasteiger partial charge in [-0.1, -0.05) is 12.1 Å². The number of hydrogen-bond donors (Lipinski definition) is 2. The van der Waals surface area contributed by atoms with Gasteiger partial charge in [0.2, 0.25) is 0 Å². The molecule has 0 saturated heterocycles. The van der Waals surface area contributed by atoms with Crippen LogP contribution in [0.25, 0.3) is 0 Å². The monoisotopic (exact) mass is 295 g/mol. The van der Waals surface area contributed by atoms with Gasteiger partial charge in [-0.2, -0.15) is 13.2 Å². The van der Waals surface area contributed by atoms with Crippen molar-refractivity contribution in [3.8, 4) is 0 Å². The van der Waals surface area contributed by atoms with Crippen LogP contribution in [0.2, 0.25) is 0 Å². The summed E-state index contributed by atoms with van der Waals surface area (Å²) in [6.45, 7) is 1.80. The number of alkyl halides is 3. The van der Waals surface area contributed by atoms with Crippen LogP contribution in [0, 0.1) is 6.92 Å². The van der Waals surface area contributed by atoms with Crippen LogP contribution in [0.3, 0.4) is 0 Å². The number of nitrogen functional groups attached to an aromatic ring is 1. The average molecular weight is 295 g/mol. The summed E-state index contributed by atoms with van der Waals surface area (Å²) in [5.74, 6) is -0.732. The molecule has 4 nitrogen and oxygen atoms in total. The minimum Gasteiger partial charge on any atom is -0.398 e. The Bertz CT molecular complexity index is 683. The molecule has 3 N–H and O–H groups in total. The van der Waals surface area contributed by atoms with Gasteiger partial charge in [0.05, 0.1) is 0 Å². The average Bonchev–Trinajstić information content (AvgIpc) is 2.42. The summed E-state index contributed by atoms with van der Waals surface area (Å²) in [5.41, 5.74) is 5.98. The normalized spacial score (nSPS) is 11.2. The Morgan fingerprint density at radius 2 is 1.95 bits per heavy atom. The first kappa shape index (κ1) is 14.8. The van der Waals surface area contributed by atoms with E-state index >= 15 is 0 Å². The van der Waals surface area contributed by atoms with Crippen LogP contribution >= 0.6 is 0 Å². The molecule has 0 fully saturated rings. The molecule has 0 bridgehead atoms. The minimum absolute atomic E-state index is 0.316. The lowest BCUT2D eigenvalue weighted by Gasteiger charge is -2.09. The van der Waals surface area contributed by atoms with Crippen LogP contribution in [-0.4, -0.2) is 10.9 Å². The standard InChI is InChI=1S/C14H12F3N3O/c1-8-5-6-9(7-10(8)18)19-13(21)11-3-2-4-12(20-11)14(15,16)17/h2-7H,18H2,1H3,(H,19,21). The number of benzene rings is 1. The zero-order chi connectivity index (χ0) is 15.6. The van der Waals surface area contributed by atoms with E-state index in [0.717, 1.165) is 17.7 Å². The quantitative estimate of drug-likeness (QED) is 0.836. The molecule has 21 heavy (non-hydrogen) atoms. The zero-order valence-corrected chi connectivity index (χ0v) is 11.0. The molecule has 1 amide bonds. The van der Waals surface area contributed by atoms with Gasteiger partial charge in [0, 0.05) is 11.4 Å². The molecule has 0 atom stereocenters. The summed E-state index contributed by atoms with van der Waals surface area (Å²) in [5, 5.41) is 2.46. The van der Waals surface area contributed by atoms with Crippen LogP contribution in [0.5, 0.6) is 0 Å². The van der Waals surface area contributed by atoms with Crippen molar-refractivity contribution < 1.29 is 18.0 Å². The number of nitrogens with zero attached hydrogens (tertiary/aromatic N) is 1. The van der Waals surface area contributed by atoms with E-state index in [2.05, 4.69) is 10.3 Å². The van der Waals surface area contributed by atoms with Crippen molar-refractivity contribution in [3.05, 3.63) is 53.3 Å². The summed E-state index contributed by atoms with van der Waals surface area (Å²) in [6, 6.07) is 7.99. The van der Waals surface area contributed by atoms with Gasteiger partial charge in [0.15, 0.2) is 0 Å². The van der Waals surface area contributed by atoms with E-state index in [9.17, 15) is 18.0 Å². The molecule has 0 aliphatic rings. The Kier molecular flexibility index (Phi) is 3.84. The first-order valence-electron chi connectivity index (χ1n) is 5.99. The molecule has 2 aromatic rings. The van der Waals surface area contributed by atoms with Crippen LogP contribution in [0.1, 0.15) is 21.7 Å². The smallest absolute Gasteiger partial charge is 0.398 e. The Labute approximate surface area is 118 Å². The van der Waals surface area contributed by atoms with Gasteiger partial charge in [-0.05, 0) is 36.8 Å².